The Morgan fingerprint density at radius 3 is 2.45 bits per heavy atom. The molecule has 0 saturated carbocycles. The SMILES string of the molecule is CS(=O)(=O)NC1CCN(C(=O)c2ccccc2F)CC1. The lowest BCUT2D eigenvalue weighted by Gasteiger charge is -2.32. The summed E-state index contributed by atoms with van der Waals surface area (Å²) < 4.78 is 38.4. The standard InChI is InChI=1S/C13H17FN2O3S/c1-20(18,19)15-10-6-8-16(9-7-10)13(17)11-4-2-3-5-12(11)14/h2-5,10,15H,6-9H2,1H3. The van der Waals surface area contributed by atoms with Crippen LogP contribution in [0.4, 0.5) is 4.39 Å². The molecule has 0 bridgehead atoms. The fourth-order valence-corrected chi connectivity index (χ4v) is 3.15. The number of hydrogen-bond acceptors (Lipinski definition) is 3. The molecule has 0 unspecified atom stereocenters. The first kappa shape index (κ1) is 14.9. The second-order valence-corrected chi connectivity index (χ2v) is 6.72. The van der Waals surface area contributed by atoms with Crippen molar-refractivity contribution in [3.05, 3.63) is 35.6 Å². The molecule has 1 amide bonds. The molecular formula is C13H17FN2O3S. The molecule has 1 saturated heterocycles. The molecule has 5 nitrogen and oxygen atoms in total. The number of halogens is 1. The fourth-order valence-electron chi connectivity index (χ4n) is 2.31. The van der Waals surface area contributed by atoms with Crippen molar-refractivity contribution in [2.24, 2.45) is 0 Å². The van der Waals surface area contributed by atoms with E-state index in [4.69, 9.17) is 0 Å². The van der Waals surface area contributed by atoms with Gasteiger partial charge in [0.05, 0.1) is 11.8 Å². The predicted molar refractivity (Wildman–Crippen MR) is 73.3 cm³/mol. The van der Waals surface area contributed by atoms with Gasteiger partial charge in [0, 0.05) is 19.1 Å². The molecule has 2 rings (SSSR count). The van der Waals surface area contributed by atoms with Gasteiger partial charge in [0.25, 0.3) is 5.91 Å². The number of hydrogen-bond donors (Lipinski definition) is 1. The first-order chi connectivity index (χ1) is 9.37. The Morgan fingerprint density at radius 2 is 1.90 bits per heavy atom. The van der Waals surface area contributed by atoms with Gasteiger partial charge >= 0.3 is 0 Å². The van der Waals surface area contributed by atoms with Crippen LogP contribution >= 0.6 is 0 Å². The Morgan fingerprint density at radius 1 is 1.30 bits per heavy atom. The van der Waals surface area contributed by atoms with E-state index >= 15 is 0 Å². The maximum Gasteiger partial charge on any atom is 0.256 e. The van der Waals surface area contributed by atoms with Gasteiger partial charge in [-0.3, -0.25) is 4.79 Å². The zero-order valence-corrected chi connectivity index (χ0v) is 12.0. The minimum absolute atomic E-state index is 0.0574. The smallest absolute Gasteiger partial charge is 0.256 e. The highest BCUT2D eigenvalue weighted by molar-refractivity contribution is 7.88. The van der Waals surface area contributed by atoms with Crippen LogP contribution in [0.2, 0.25) is 0 Å². The number of piperidine rings is 1. The minimum atomic E-state index is -3.23. The van der Waals surface area contributed by atoms with E-state index in [1.807, 2.05) is 0 Å². The summed E-state index contributed by atoms with van der Waals surface area (Å²) in [6, 6.07) is 5.71. The van der Waals surface area contributed by atoms with Gasteiger partial charge in [-0.15, -0.1) is 0 Å². The highest BCUT2D eigenvalue weighted by Gasteiger charge is 2.26. The van der Waals surface area contributed by atoms with E-state index in [1.54, 1.807) is 11.0 Å². The quantitative estimate of drug-likeness (QED) is 0.905. The molecule has 7 heteroatoms. The average molecular weight is 300 g/mol. The van der Waals surface area contributed by atoms with Crippen molar-refractivity contribution in [1.82, 2.24) is 9.62 Å². The third-order valence-electron chi connectivity index (χ3n) is 3.27. The number of nitrogens with one attached hydrogen (secondary N) is 1. The van der Waals surface area contributed by atoms with Crippen molar-refractivity contribution in [1.29, 1.82) is 0 Å². The largest absolute Gasteiger partial charge is 0.338 e. The average Bonchev–Trinajstić information content (AvgIpc) is 2.37. The number of likely N-dealkylation sites (tertiary alicyclic amines) is 1. The fraction of sp³-hybridized carbons (Fsp3) is 0.462. The Balaban J connectivity index is 1.97. The number of nitrogens with zero attached hydrogens (tertiary/aromatic N) is 1. The number of carbonyl (C=O) groups is 1. The Labute approximate surface area is 117 Å². The van der Waals surface area contributed by atoms with Crippen LogP contribution in [-0.2, 0) is 10.0 Å². The summed E-state index contributed by atoms with van der Waals surface area (Å²) in [6.45, 7) is 0.834. The summed E-state index contributed by atoms with van der Waals surface area (Å²) in [6.07, 6.45) is 2.18. The highest BCUT2D eigenvalue weighted by Crippen LogP contribution is 2.16. The van der Waals surface area contributed by atoms with E-state index in [9.17, 15) is 17.6 Å². The molecule has 1 aliphatic rings. The second kappa shape index (κ2) is 5.88. The van der Waals surface area contributed by atoms with Gasteiger partial charge in [0.2, 0.25) is 10.0 Å². The van der Waals surface area contributed by atoms with Crippen LogP contribution in [0.5, 0.6) is 0 Å². The van der Waals surface area contributed by atoms with Gasteiger partial charge < -0.3 is 4.90 Å². The van der Waals surface area contributed by atoms with Gasteiger partial charge in [0.1, 0.15) is 5.82 Å². The lowest BCUT2D eigenvalue weighted by Crippen LogP contribution is -2.46. The number of rotatable bonds is 3. The molecule has 1 fully saturated rings. The lowest BCUT2D eigenvalue weighted by atomic mass is 10.0. The summed E-state index contributed by atoms with van der Waals surface area (Å²) in [7, 11) is -3.23. The molecule has 1 aromatic rings. The molecule has 1 aliphatic heterocycles. The number of benzene rings is 1. The summed E-state index contributed by atoms with van der Waals surface area (Å²) in [5.41, 5.74) is 0.0574. The van der Waals surface area contributed by atoms with Crippen LogP contribution in [0.3, 0.4) is 0 Å². The summed E-state index contributed by atoms with van der Waals surface area (Å²) in [5, 5.41) is 0. The van der Waals surface area contributed by atoms with E-state index in [1.165, 1.54) is 18.2 Å². The van der Waals surface area contributed by atoms with Crippen molar-refractivity contribution < 1.29 is 17.6 Å². The third-order valence-corrected chi connectivity index (χ3v) is 4.03. The molecule has 110 valence electrons. The molecule has 0 aliphatic carbocycles. The van der Waals surface area contributed by atoms with Crippen LogP contribution in [0.1, 0.15) is 23.2 Å². The van der Waals surface area contributed by atoms with E-state index in [0.29, 0.717) is 25.9 Å². The van der Waals surface area contributed by atoms with Crippen LogP contribution < -0.4 is 4.72 Å². The first-order valence-corrected chi connectivity index (χ1v) is 8.27. The molecular weight excluding hydrogens is 283 g/mol. The maximum absolute atomic E-state index is 13.6. The van der Waals surface area contributed by atoms with Crippen molar-refractivity contribution in [2.75, 3.05) is 19.3 Å². The second-order valence-electron chi connectivity index (χ2n) is 4.94. The van der Waals surface area contributed by atoms with Crippen LogP contribution in [0.25, 0.3) is 0 Å². The van der Waals surface area contributed by atoms with Gasteiger partial charge in [-0.25, -0.2) is 17.5 Å². The Bertz CT molecular complexity index is 595. The normalized spacial score (nSPS) is 17.2. The van der Waals surface area contributed by atoms with Crippen molar-refractivity contribution in [3.63, 3.8) is 0 Å². The summed E-state index contributed by atoms with van der Waals surface area (Å²) in [4.78, 5) is 13.7. The molecule has 1 aromatic carbocycles. The molecule has 0 atom stereocenters. The topological polar surface area (TPSA) is 66.5 Å². The van der Waals surface area contributed by atoms with Gasteiger partial charge in [0.15, 0.2) is 0 Å². The molecule has 0 spiro atoms. The number of carbonyl (C=O) groups excluding carboxylic acids is 1. The molecule has 20 heavy (non-hydrogen) atoms. The predicted octanol–water partition coefficient (Wildman–Crippen LogP) is 0.979. The van der Waals surface area contributed by atoms with Crippen LogP contribution in [-0.4, -0.2) is 44.6 Å². The number of amides is 1. The van der Waals surface area contributed by atoms with Crippen molar-refractivity contribution >= 4 is 15.9 Å². The van der Waals surface area contributed by atoms with Gasteiger partial charge in [-0.1, -0.05) is 12.1 Å². The molecule has 1 heterocycles. The van der Waals surface area contributed by atoms with Crippen molar-refractivity contribution in [3.8, 4) is 0 Å². The van der Waals surface area contributed by atoms with E-state index in [2.05, 4.69) is 4.72 Å². The van der Waals surface area contributed by atoms with E-state index in [0.717, 1.165) is 6.26 Å². The van der Waals surface area contributed by atoms with Crippen molar-refractivity contribution in [2.45, 2.75) is 18.9 Å². The Hall–Kier alpha value is -1.47. The zero-order chi connectivity index (χ0) is 14.8. The summed E-state index contributed by atoms with van der Waals surface area (Å²) >= 11 is 0. The molecule has 1 N–H and O–H groups in total. The van der Waals surface area contributed by atoms with Gasteiger partial charge in [-0.2, -0.15) is 0 Å². The monoisotopic (exact) mass is 300 g/mol. The zero-order valence-electron chi connectivity index (χ0n) is 11.2. The maximum atomic E-state index is 13.6. The van der Waals surface area contributed by atoms with Crippen LogP contribution in [0, 0.1) is 5.82 Å². The lowest BCUT2D eigenvalue weighted by molar-refractivity contribution is 0.0706. The first-order valence-electron chi connectivity index (χ1n) is 6.38. The third kappa shape index (κ3) is 3.77. The van der Waals surface area contributed by atoms with E-state index in [-0.39, 0.29) is 17.5 Å². The highest BCUT2D eigenvalue weighted by atomic mass is 32.2. The molecule has 0 aromatic heterocycles. The van der Waals surface area contributed by atoms with Gasteiger partial charge in [-0.05, 0) is 25.0 Å². The summed E-state index contributed by atoms with van der Waals surface area (Å²) in [5.74, 6) is -0.880. The minimum Gasteiger partial charge on any atom is -0.338 e. The van der Waals surface area contributed by atoms with Crippen LogP contribution in [0.15, 0.2) is 24.3 Å². The molecule has 0 radical (unpaired) electrons. The number of sulfonamides is 1. The van der Waals surface area contributed by atoms with E-state index < -0.39 is 15.8 Å². The Kier molecular flexibility index (Phi) is 4.39.